The molecule has 1 rings (SSSR count). The summed E-state index contributed by atoms with van der Waals surface area (Å²) in [5, 5.41) is 0. The van der Waals surface area contributed by atoms with Crippen LogP contribution in [0.1, 0.15) is 5.69 Å². The standard InChI is InChI=1S/C9H10N2O/c1-10-6-5-8-3-4-9(12-2)7-11-8/h3-4,7H,5-6H2,2H3. The van der Waals surface area contributed by atoms with Crippen LogP contribution >= 0.6 is 0 Å². The van der Waals surface area contributed by atoms with E-state index in [-0.39, 0.29) is 0 Å². The Balaban J connectivity index is 2.60. The molecule has 0 amide bonds. The van der Waals surface area contributed by atoms with Gasteiger partial charge in [0.15, 0.2) is 0 Å². The summed E-state index contributed by atoms with van der Waals surface area (Å²) in [6.07, 6.45) is 2.38. The van der Waals surface area contributed by atoms with Gasteiger partial charge in [0.1, 0.15) is 5.75 Å². The zero-order valence-corrected chi connectivity index (χ0v) is 6.95. The van der Waals surface area contributed by atoms with Gasteiger partial charge in [0, 0.05) is 5.69 Å². The minimum Gasteiger partial charge on any atom is -0.495 e. The van der Waals surface area contributed by atoms with E-state index in [1.807, 2.05) is 12.1 Å². The molecule has 3 nitrogen and oxygen atoms in total. The Bertz CT molecular complexity index is 274. The third kappa shape index (κ3) is 2.24. The first kappa shape index (κ1) is 8.54. The second-order valence-corrected chi connectivity index (χ2v) is 2.32. The molecule has 0 aliphatic rings. The van der Waals surface area contributed by atoms with Gasteiger partial charge in [-0.05, 0) is 12.1 Å². The Morgan fingerprint density at radius 3 is 2.92 bits per heavy atom. The van der Waals surface area contributed by atoms with Crippen LogP contribution in [-0.2, 0) is 6.42 Å². The third-order valence-electron chi connectivity index (χ3n) is 1.51. The summed E-state index contributed by atoms with van der Waals surface area (Å²) in [4.78, 5) is 7.37. The van der Waals surface area contributed by atoms with Crippen molar-refractivity contribution in [3.8, 4) is 5.75 Å². The Kier molecular flexibility index (Phi) is 3.09. The average Bonchev–Trinajstić information content (AvgIpc) is 2.15. The van der Waals surface area contributed by atoms with E-state index in [1.54, 1.807) is 13.3 Å². The lowest BCUT2D eigenvalue weighted by atomic mass is 10.3. The Morgan fingerprint density at radius 2 is 2.42 bits per heavy atom. The zero-order valence-electron chi connectivity index (χ0n) is 6.95. The minimum atomic E-state index is 0.499. The quantitative estimate of drug-likeness (QED) is 0.630. The predicted octanol–water partition coefficient (Wildman–Crippen LogP) is 1.55. The van der Waals surface area contributed by atoms with Gasteiger partial charge in [0.2, 0.25) is 6.54 Å². The maximum absolute atomic E-state index is 6.60. The van der Waals surface area contributed by atoms with E-state index in [1.165, 1.54) is 0 Å². The van der Waals surface area contributed by atoms with Crippen LogP contribution in [-0.4, -0.2) is 18.6 Å². The van der Waals surface area contributed by atoms with Gasteiger partial charge in [0.05, 0.1) is 19.7 Å². The molecule has 0 N–H and O–H groups in total. The number of pyridine rings is 1. The minimum absolute atomic E-state index is 0.499. The van der Waals surface area contributed by atoms with Gasteiger partial charge in [-0.25, -0.2) is 6.57 Å². The van der Waals surface area contributed by atoms with E-state index in [0.29, 0.717) is 13.0 Å². The molecule has 0 bridgehead atoms. The van der Waals surface area contributed by atoms with E-state index in [0.717, 1.165) is 11.4 Å². The Hall–Kier alpha value is -1.56. The number of rotatable bonds is 3. The molecule has 0 saturated heterocycles. The summed E-state index contributed by atoms with van der Waals surface area (Å²) in [5.74, 6) is 0.751. The van der Waals surface area contributed by atoms with Crippen LogP contribution < -0.4 is 4.74 Å². The highest BCUT2D eigenvalue weighted by Crippen LogP contribution is 2.07. The molecular formula is C9H10N2O. The van der Waals surface area contributed by atoms with Crippen molar-refractivity contribution < 1.29 is 4.74 Å². The second kappa shape index (κ2) is 4.35. The van der Waals surface area contributed by atoms with Gasteiger partial charge in [-0.15, -0.1) is 0 Å². The summed E-state index contributed by atoms with van der Waals surface area (Å²) in [5.41, 5.74) is 0.937. The van der Waals surface area contributed by atoms with Gasteiger partial charge < -0.3 is 9.58 Å². The SMILES string of the molecule is [C-]#[N+]CCc1ccc(OC)cn1. The van der Waals surface area contributed by atoms with Crippen LogP contribution in [0, 0.1) is 6.57 Å². The second-order valence-electron chi connectivity index (χ2n) is 2.32. The lowest BCUT2D eigenvalue weighted by Gasteiger charge is -1.98. The largest absolute Gasteiger partial charge is 0.495 e. The van der Waals surface area contributed by atoms with E-state index < -0.39 is 0 Å². The molecule has 12 heavy (non-hydrogen) atoms. The molecular weight excluding hydrogens is 152 g/mol. The van der Waals surface area contributed by atoms with Crippen molar-refractivity contribution in [3.05, 3.63) is 35.4 Å². The maximum Gasteiger partial charge on any atom is 0.220 e. The first-order valence-electron chi connectivity index (χ1n) is 3.69. The van der Waals surface area contributed by atoms with E-state index in [9.17, 15) is 0 Å². The number of hydrogen-bond acceptors (Lipinski definition) is 2. The van der Waals surface area contributed by atoms with E-state index in [2.05, 4.69) is 9.83 Å². The lowest BCUT2D eigenvalue weighted by Crippen LogP contribution is -1.92. The van der Waals surface area contributed by atoms with Crippen LogP contribution in [0.2, 0.25) is 0 Å². The van der Waals surface area contributed by atoms with Crippen LogP contribution in [0.3, 0.4) is 0 Å². The normalized spacial score (nSPS) is 9.00. The predicted molar refractivity (Wildman–Crippen MR) is 46.0 cm³/mol. The molecule has 0 spiro atoms. The molecule has 0 unspecified atom stereocenters. The molecule has 1 aromatic rings. The fourth-order valence-corrected chi connectivity index (χ4v) is 0.850. The van der Waals surface area contributed by atoms with Gasteiger partial charge in [0.25, 0.3) is 0 Å². The highest BCUT2D eigenvalue weighted by molar-refractivity contribution is 5.19. The molecule has 0 atom stereocenters. The highest BCUT2D eigenvalue weighted by Gasteiger charge is 1.96. The molecule has 0 aromatic carbocycles. The van der Waals surface area contributed by atoms with Gasteiger partial charge in [-0.3, -0.25) is 4.98 Å². The number of hydrogen-bond donors (Lipinski definition) is 0. The number of nitrogens with zero attached hydrogens (tertiary/aromatic N) is 2. The van der Waals surface area contributed by atoms with Crippen LogP contribution in [0.15, 0.2) is 18.3 Å². The van der Waals surface area contributed by atoms with Crippen molar-refractivity contribution in [2.24, 2.45) is 0 Å². The fourth-order valence-electron chi connectivity index (χ4n) is 0.850. The first-order chi connectivity index (χ1) is 5.86. The zero-order chi connectivity index (χ0) is 8.81. The van der Waals surface area contributed by atoms with Crippen molar-refractivity contribution in [2.75, 3.05) is 13.7 Å². The molecule has 1 aromatic heterocycles. The molecule has 62 valence electrons. The lowest BCUT2D eigenvalue weighted by molar-refractivity contribution is 0.412. The van der Waals surface area contributed by atoms with Crippen molar-refractivity contribution in [3.63, 3.8) is 0 Å². The number of methoxy groups -OCH3 is 1. The van der Waals surface area contributed by atoms with Crippen LogP contribution in [0.25, 0.3) is 4.85 Å². The molecule has 0 saturated carbocycles. The molecule has 0 aliphatic carbocycles. The monoisotopic (exact) mass is 162 g/mol. The summed E-state index contributed by atoms with van der Waals surface area (Å²) in [7, 11) is 1.61. The molecule has 0 aliphatic heterocycles. The average molecular weight is 162 g/mol. The topological polar surface area (TPSA) is 26.5 Å². The van der Waals surface area contributed by atoms with Gasteiger partial charge in [-0.1, -0.05) is 0 Å². The molecule has 1 heterocycles. The van der Waals surface area contributed by atoms with Crippen molar-refractivity contribution in [1.82, 2.24) is 4.98 Å². The maximum atomic E-state index is 6.60. The summed E-state index contributed by atoms with van der Waals surface area (Å²) >= 11 is 0. The number of aromatic nitrogens is 1. The van der Waals surface area contributed by atoms with Crippen LogP contribution in [0.5, 0.6) is 5.75 Å². The molecule has 0 fully saturated rings. The molecule has 3 heteroatoms. The highest BCUT2D eigenvalue weighted by atomic mass is 16.5. The fraction of sp³-hybridized carbons (Fsp3) is 0.333. The first-order valence-corrected chi connectivity index (χ1v) is 3.69. The smallest absolute Gasteiger partial charge is 0.220 e. The van der Waals surface area contributed by atoms with E-state index >= 15 is 0 Å². The van der Waals surface area contributed by atoms with Crippen LogP contribution in [0.4, 0.5) is 0 Å². The Morgan fingerprint density at radius 1 is 1.58 bits per heavy atom. The summed E-state index contributed by atoms with van der Waals surface area (Å²) < 4.78 is 4.95. The molecule has 0 radical (unpaired) electrons. The van der Waals surface area contributed by atoms with Gasteiger partial charge in [-0.2, -0.15) is 0 Å². The third-order valence-corrected chi connectivity index (χ3v) is 1.51. The summed E-state index contributed by atoms with van der Waals surface area (Å²) in [6.45, 7) is 7.10. The number of ether oxygens (including phenoxy) is 1. The van der Waals surface area contributed by atoms with Crippen molar-refractivity contribution in [1.29, 1.82) is 0 Å². The summed E-state index contributed by atoms with van der Waals surface area (Å²) in [6, 6.07) is 3.73. The van der Waals surface area contributed by atoms with E-state index in [4.69, 9.17) is 11.3 Å². The van der Waals surface area contributed by atoms with Crippen molar-refractivity contribution in [2.45, 2.75) is 6.42 Å². The van der Waals surface area contributed by atoms with Crippen molar-refractivity contribution >= 4 is 0 Å². The van der Waals surface area contributed by atoms with Gasteiger partial charge >= 0.3 is 0 Å². The Labute approximate surface area is 71.8 Å².